The predicted octanol–water partition coefficient (Wildman–Crippen LogP) is 4.23. The van der Waals surface area contributed by atoms with Gasteiger partial charge in [-0.1, -0.05) is 64.9 Å². The Morgan fingerprint density at radius 2 is 1.88 bits per heavy atom. The molecule has 0 spiro atoms. The smallest absolute Gasteiger partial charge is 0.214 e. The van der Waals surface area contributed by atoms with Gasteiger partial charge in [-0.25, -0.2) is 0 Å². The van der Waals surface area contributed by atoms with Crippen molar-refractivity contribution in [2.24, 2.45) is 0 Å². The van der Waals surface area contributed by atoms with E-state index in [1.54, 1.807) is 4.68 Å². The molecule has 0 bridgehead atoms. The molecule has 0 atom stereocenters. The average Bonchev–Trinajstić information content (AvgIpc) is 3.30. The van der Waals surface area contributed by atoms with Gasteiger partial charge in [0.05, 0.1) is 11.4 Å². The van der Waals surface area contributed by atoms with Gasteiger partial charge in [0.25, 0.3) is 0 Å². The van der Waals surface area contributed by atoms with Crippen molar-refractivity contribution in [2.75, 3.05) is 0 Å². The maximum absolute atomic E-state index is 5.45. The molecule has 2 aromatic heterocycles. The van der Waals surface area contributed by atoms with E-state index in [1.165, 1.54) is 17.3 Å². The molecule has 6 nitrogen and oxygen atoms in total. The summed E-state index contributed by atoms with van der Waals surface area (Å²) in [6, 6.07) is 18.1. The summed E-state index contributed by atoms with van der Waals surface area (Å²) in [6.45, 7) is 4.13. The van der Waals surface area contributed by atoms with Gasteiger partial charge in [-0.3, -0.25) is 0 Å². The number of tetrazole rings is 1. The zero-order chi connectivity index (χ0) is 17.9. The largest absolute Gasteiger partial charge is 0.360 e. The Morgan fingerprint density at radius 1 is 1.04 bits per heavy atom. The van der Waals surface area contributed by atoms with Gasteiger partial charge in [0, 0.05) is 11.6 Å². The molecular weight excluding hydrogens is 346 g/mol. The summed E-state index contributed by atoms with van der Waals surface area (Å²) in [5, 5.41) is 17.0. The van der Waals surface area contributed by atoms with Gasteiger partial charge in [0.15, 0.2) is 0 Å². The first kappa shape index (κ1) is 16.5. The zero-order valence-corrected chi connectivity index (χ0v) is 15.3. The van der Waals surface area contributed by atoms with Crippen LogP contribution in [0.4, 0.5) is 0 Å². The molecule has 4 rings (SSSR count). The summed E-state index contributed by atoms with van der Waals surface area (Å²) in [6.07, 6.45) is 0. The highest BCUT2D eigenvalue weighted by atomic mass is 32.2. The van der Waals surface area contributed by atoms with Crippen LogP contribution >= 0.6 is 11.8 Å². The van der Waals surface area contributed by atoms with Crippen LogP contribution in [0.1, 0.15) is 16.9 Å². The van der Waals surface area contributed by atoms with Gasteiger partial charge >= 0.3 is 0 Å². The first-order chi connectivity index (χ1) is 12.7. The topological polar surface area (TPSA) is 69.6 Å². The van der Waals surface area contributed by atoms with Crippen molar-refractivity contribution in [1.82, 2.24) is 25.4 Å². The van der Waals surface area contributed by atoms with Crippen LogP contribution in [-0.2, 0) is 5.75 Å². The van der Waals surface area contributed by atoms with E-state index >= 15 is 0 Å². The molecule has 0 radical (unpaired) electrons. The highest BCUT2D eigenvalue weighted by Crippen LogP contribution is 2.26. The van der Waals surface area contributed by atoms with Crippen LogP contribution in [0.3, 0.4) is 0 Å². The molecule has 7 heteroatoms. The van der Waals surface area contributed by atoms with Gasteiger partial charge in [-0.15, -0.1) is 5.10 Å². The Labute approximate surface area is 155 Å². The number of benzene rings is 2. The second-order valence-corrected chi connectivity index (χ2v) is 6.94. The van der Waals surface area contributed by atoms with Crippen LogP contribution in [0.25, 0.3) is 16.9 Å². The van der Waals surface area contributed by atoms with Crippen molar-refractivity contribution in [3.05, 3.63) is 71.5 Å². The summed E-state index contributed by atoms with van der Waals surface area (Å²) < 4.78 is 7.21. The third-order valence-electron chi connectivity index (χ3n) is 3.99. The lowest BCUT2D eigenvalue weighted by Gasteiger charge is -2.07. The highest BCUT2D eigenvalue weighted by Gasteiger charge is 2.13. The summed E-state index contributed by atoms with van der Waals surface area (Å²) in [4.78, 5) is 0. The van der Waals surface area contributed by atoms with E-state index in [9.17, 15) is 0 Å². The van der Waals surface area contributed by atoms with Crippen molar-refractivity contribution < 1.29 is 4.52 Å². The van der Waals surface area contributed by atoms with E-state index in [0.717, 1.165) is 33.4 Å². The summed E-state index contributed by atoms with van der Waals surface area (Å²) in [7, 11) is 0. The molecule has 0 amide bonds. The minimum atomic E-state index is 0.602. The monoisotopic (exact) mass is 363 g/mol. The van der Waals surface area contributed by atoms with Crippen LogP contribution in [0.2, 0.25) is 0 Å². The number of nitrogens with zero attached hydrogens (tertiary/aromatic N) is 5. The number of aromatic nitrogens is 5. The maximum Gasteiger partial charge on any atom is 0.214 e. The lowest BCUT2D eigenvalue weighted by atomic mass is 10.1. The Morgan fingerprint density at radius 3 is 2.69 bits per heavy atom. The quantitative estimate of drug-likeness (QED) is 0.494. The van der Waals surface area contributed by atoms with Crippen molar-refractivity contribution in [3.63, 3.8) is 0 Å². The molecule has 0 saturated heterocycles. The Kier molecular flexibility index (Phi) is 4.53. The number of hydrogen-bond acceptors (Lipinski definition) is 6. The first-order valence-electron chi connectivity index (χ1n) is 8.20. The number of aryl methyl sites for hydroxylation is 2. The standard InChI is InChI=1S/C19H17N5OS/c1-13-8-9-18(14(2)10-13)24-19(20-22-23-24)26-12-16-11-17(21-25-16)15-6-4-3-5-7-15/h3-11H,12H2,1-2H3. The zero-order valence-electron chi connectivity index (χ0n) is 14.5. The fourth-order valence-electron chi connectivity index (χ4n) is 2.72. The fourth-order valence-corrected chi connectivity index (χ4v) is 3.48. The van der Waals surface area contributed by atoms with E-state index in [1.807, 2.05) is 42.5 Å². The van der Waals surface area contributed by atoms with Crippen LogP contribution < -0.4 is 0 Å². The molecule has 4 aromatic rings. The number of thioether (sulfide) groups is 1. The summed E-state index contributed by atoms with van der Waals surface area (Å²) >= 11 is 1.52. The average molecular weight is 363 g/mol. The Balaban J connectivity index is 1.51. The summed E-state index contributed by atoms with van der Waals surface area (Å²) in [5.41, 5.74) is 5.18. The minimum absolute atomic E-state index is 0.602. The SMILES string of the molecule is Cc1ccc(-n2nnnc2SCc2cc(-c3ccccc3)no2)c(C)c1. The molecule has 0 aliphatic heterocycles. The van der Waals surface area contributed by atoms with Crippen molar-refractivity contribution in [1.29, 1.82) is 0 Å². The lowest BCUT2D eigenvalue weighted by molar-refractivity contribution is 0.397. The lowest BCUT2D eigenvalue weighted by Crippen LogP contribution is -2.01. The van der Waals surface area contributed by atoms with Crippen LogP contribution in [0.5, 0.6) is 0 Å². The number of rotatable bonds is 5. The van der Waals surface area contributed by atoms with Gasteiger partial charge in [0.1, 0.15) is 11.5 Å². The molecule has 2 heterocycles. The molecule has 2 aromatic carbocycles. The normalized spacial score (nSPS) is 11.0. The van der Waals surface area contributed by atoms with Crippen molar-refractivity contribution in [2.45, 2.75) is 24.8 Å². The molecule has 0 fully saturated rings. The summed E-state index contributed by atoms with van der Waals surface area (Å²) in [5.74, 6) is 1.38. The maximum atomic E-state index is 5.45. The van der Waals surface area contributed by atoms with Crippen LogP contribution in [0.15, 0.2) is 64.3 Å². The molecule has 0 N–H and O–H groups in total. The third-order valence-corrected chi connectivity index (χ3v) is 4.94. The van der Waals surface area contributed by atoms with E-state index in [4.69, 9.17) is 4.52 Å². The Hall–Kier alpha value is -2.93. The van der Waals surface area contributed by atoms with Gasteiger partial charge < -0.3 is 4.52 Å². The third kappa shape index (κ3) is 3.39. The Bertz CT molecular complexity index is 1030. The fraction of sp³-hybridized carbons (Fsp3) is 0.158. The molecule has 0 saturated carbocycles. The van der Waals surface area contributed by atoms with Crippen molar-refractivity contribution >= 4 is 11.8 Å². The molecular formula is C19H17N5OS. The van der Waals surface area contributed by atoms with Crippen LogP contribution in [-0.4, -0.2) is 25.4 Å². The van der Waals surface area contributed by atoms with Crippen molar-refractivity contribution in [3.8, 4) is 16.9 Å². The number of hydrogen-bond donors (Lipinski definition) is 0. The highest BCUT2D eigenvalue weighted by molar-refractivity contribution is 7.98. The van der Waals surface area contributed by atoms with Gasteiger partial charge in [-0.2, -0.15) is 4.68 Å². The molecule has 0 unspecified atom stereocenters. The second-order valence-electron chi connectivity index (χ2n) is 6.00. The minimum Gasteiger partial charge on any atom is -0.360 e. The van der Waals surface area contributed by atoms with Gasteiger partial charge in [-0.05, 0) is 35.9 Å². The van der Waals surface area contributed by atoms with E-state index < -0.39 is 0 Å². The molecule has 0 aliphatic rings. The van der Waals surface area contributed by atoms with E-state index in [0.29, 0.717) is 5.75 Å². The van der Waals surface area contributed by atoms with Crippen LogP contribution in [0, 0.1) is 13.8 Å². The predicted molar refractivity (Wildman–Crippen MR) is 100 cm³/mol. The molecule has 130 valence electrons. The molecule has 26 heavy (non-hydrogen) atoms. The molecule has 0 aliphatic carbocycles. The van der Waals surface area contributed by atoms with E-state index in [2.05, 4.69) is 46.7 Å². The first-order valence-corrected chi connectivity index (χ1v) is 9.19. The van der Waals surface area contributed by atoms with E-state index in [-0.39, 0.29) is 0 Å². The second kappa shape index (κ2) is 7.13. The van der Waals surface area contributed by atoms with Gasteiger partial charge in [0.2, 0.25) is 5.16 Å².